The van der Waals surface area contributed by atoms with Crippen LogP contribution in [0.4, 0.5) is 5.69 Å². The van der Waals surface area contributed by atoms with Crippen LogP contribution < -0.4 is 15.7 Å². The molecule has 0 unspecified atom stereocenters. The normalized spacial score (nSPS) is 15.3. The molecule has 1 aliphatic heterocycles. The van der Waals surface area contributed by atoms with Gasteiger partial charge in [-0.2, -0.15) is 5.10 Å². The second-order valence-electron chi connectivity index (χ2n) is 16.5. The van der Waals surface area contributed by atoms with E-state index >= 15 is 0 Å². The van der Waals surface area contributed by atoms with Gasteiger partial charge in [-0.3, -0.25) is 14.6 Å². The summed E-state index contributed by atoms with van der Waals surface area (Å²) in [6, 6.07) is 37.8. The number of carbonyl (C=O) groups is 1. The van der Waals surface area contributed by atoms with Crippen molar-refractivity contribution in [2.45, 2.75) is 58.0 Å². The van der Waals surface area contributed by atoms with Gasteiger partial charge in [-0.05, 0) is 100 Å². The van der Waals surface area contributed by atoms with Gasteiger partial charge in [0.2, 0.25) is 0 Å². The van der Waals surface area contributed by atoms with Gasteiger partial charge in [-0.15, -0.1) is 0 Å². The van der Waals surface area contributed by atoms with Crippen molar-refractivity contribution in [3.05, 3.63) is 155 Å². The molecule has 2 aromatic heterocycles. The summed E-state index contributed by atoms with van der Waals surface area (Å²) >= 11 is 0. The highest BCUT2D eigenvalue weighted by molar-refractivity contribution is 6.99. The fraction of sp³-hybridized carbons (Fsp3) is 0.312. The Morgan fingerprint density at radius 3 is 2.23 bits per heavy atom. The van der Waals surface area contributed by atoms with Gasteiger partial charge in [-0.25, -0.2) is 9.50 Å². The van der Waals surface area contributed by atoms with E-state index in [1.54, 1.807) is 16.9 Å². The van der Waals surface area contributed by atoms with Crippen LogP contribution in [0.15, 0.2) is 122 Å². The maximum atomic E-state index is 13.5. The molecule has 4 aromatic carbocycles. The summed E-state index contributed by atoms with van der Waals surface area (Å²) in [7, 11) is -2.54. The fourth-order valence-electron chi connectivity index (χ4n) is 8.24. The van der Waals surface area contributed by atoms with Crippen LogP contribution in [0.3, 0.4) is 0 Å². The molecule has 1 saturated carbocycles. The van der Waals surface area contributed by atoms with E-state index in [1.807, 2.05) is 37.3 Å². The molecular weight excluding hydrogens is 721 g/mol. The van der Waals surface area contributed by atoms with Crippen LogP contribution in [-0.2, 0) is 11.0 Å². The van der Waals surface area contributed by atoms with Crippen molar-refractivity contribution in [3.8, 4) is 11.8 Å². The number of aryl methyl sites for hydroxylation is 1. The SMILES string of the molecule is Cc1ccc(C(=O)Nc2ccc(CN3CCN(CCO[Si](c4ccccc4)(c4ccccc4)C(C)(C)C)CC3)c(C3CC3)c2)cc1C#Cc1cnc2cccnn12. The molecule has 2 fully saturated rings. The molecule has 0 atom stereocenters. The highest BCUT2D eigenvalue weighted by Gasteiger charge is 2.50. The van der Waals surface area contributed by atoms with E-state index in [1.165, 1.54) is 34.3 Å². The van der Waals surface area contributed by atoms with Crippen LogP contribution in [0.1, 0.15) is 77.8 Å². The van der Waals surface area contributed by atoms with Crippen LogP contribution in [0, 0.1) is 18.8 Å². The molecule has 1 N–H and O–H groups in total. The van der Waals surface area contributed by atoms with Crippen molar-refractivity contribution in [2.24, 2.45) is 0 Å². The average molecular weight is 773 g/mol. The molecule has 8 rings (SSSR count). The first kappa shape index (κ1) is 38.5. The minimum absolute atomic E-state index is 0.0263. The minimum atomic E-state index is -2.54. The number of anilines is 1. The van der Waals surface area contributed by atoms with Crippen molar-refractivity contribution in [1.29, 1.82) is 0 Å². The van der Waals surface area contributed by atoms with Gasteiger partial charge in [0.05, 0.1) is 6.20 Å². The summed E-state index contributed by atoms with van der Waals surface area (Å²) < 4.78 is 8.92. The van der Waals surface area contributed by atoms with Gasteiger partial charge in [-0.1, -0.05) is 99.5 Å². The summed E-state index contributed by atoms with van der Waals surface area (Å²) in [6.07, 6.45) is 5.83. The number of rotatable bonds is 11. The van der Waals surface area contributed by atoms with Crippen LogP contribution >= 0.6 is 0 Å². The molecule has 9 heteroatoms. The zero-order valence-electron chi connectivity index (χ0n) is 33.5. The van der Waals surface area contributed by atoms with E-state index in [0.717, 1.165) is 61.7 Å². The summed E-state index contributed by atoms with van der Waals surface area (Å²) in [5.41, 5.74) is 7.40. The lowest BCUT2D eigenvalue weighted by Gasteiger charge is -2.43. The first-order valence-electron chi connectivity index (χ1n) is 20.2. The Hall–Kier alpha value is -5.37. The maximum absolute atomic E-state index is 13.5. The number of benzene rings is 4. The average Bonchev–Trinajstić information content (AvgIpc) is 4.00. The monoisotopic (exact) mass is 772 g/mol. The largest absolute Gasteiger partial charge is 0.406 e. The van der Waals surface area contributed by atoms with Crippen LogP contribution in [0.2, 0.25) is 5.04 Å². The number of aromatic nitrogens is 3. The van der Waals surface area contributed by atoms with Crippen molar-refractivity contribution in [2.75, 3.05) is 44.6 Å². The molecule has 0 radical (unpaired) electrons. The molecule has 0 spiro atoms. The first-order chi connectivity index (χ1) is 27.7. The van der Waals surface area contributed by atoms with Crippen LogP contribution in [0.5, 0.6) is 0 Å². The smallest absolute Gasteiger partial charge is 0.261 e. The van der Waals surface area contributed by atoms with Crippen molar-refractivity contribution >= 4 is 35.9 Å². The van der Waals surface area contributed by atoms with Gasteiger partial charge in [0, 0.05) is 68.9 Å². The Morgan fingerprint density at radius 2 is 1.54 bits per heavy atom. The van der Waals surface area contributed by atoms with Crippen molar-refractivity contribution in [1.82, 2.24) is 24.4 Å². The van der Waals surface area contributed by atoms with Gasteiger partial charge in [0.15, 0.2) is 5.65 Å². The van der Waals surface area contributed by atoms with Gasteiger partial charge in [0.25, 0.3) is 14.2 Å². The van der Waals surface area contributed by atoms with Crippen molar-refractivity contribution in [3.63, 3.8) is 0 Å². The number of nitrogens with zero attached hydrogens (tertiary/aromatic N) is 5. The summed E-state index contributed by atoms with van der Waals surface area (Å²) in [4.78, 5) is 23.1. The van der Waals surface area contributed by atoms with Gasteiger partial charge in [0.1, 0.15) is 5.69 Å². The molecular formula is C48H52N6O2Si. The number of imidazole rings is 1. The predicted molar refractivity (Wildman–Crippen MR) is 232 cm³/mol. The highest BCUT2D eigenvalue weighted by Crippen LogP contribution is 2.43. The Kier molecular flexibility index (Phi) is 11.2. The second-order valence-corrected chi connectivity index (χ2v) is 20.8. The summed E-state index contributed by atoms with van der Waals surface area (Å²) in [5, 5.41) is 10.2. The first-order valence-corrected chi connectivity index (χ1v) is 22.1. The van der Waals surface area contributed by atoms with E-state index < -0.39 is 8.32 Å². The number of fused-ring (bicyclic) bond motifs is 1. The van der Waals surface area contributed by atoms with E-state index in [4.69, 9.17) is 4.43 Å². The third-order valence-electron chi connectivity index (χ3n) is 11.5. The number of hydrogen-bond acceptors (Lipinski definition) is 6. The summed E-state index contributed by atoms with van der Waals surface area (Å²) in [5.74, 6) is 6.85. The molecule has 3 heterocycles. The minimum Gasteiger partial charge on any atom is -0.406 e. The molecule has 1 amide bonds. The number of hydrogen-bond donors (Lipinski definition) is 1. The highest BCUT2D eigenvalue weighted by atomic mass is 28.4. The molecule has 1 aliphatic carbocycles. The molecule has 0 bridgehead atoms. The van der Waals surface area contributed by atoms with Crippen LogP contribution in [-0.4, -0.2) is 78.0 Å². The Morgan fingerprint density at radius 1 is 0.842 bits per heavy atom. The Bertz CT molecular complexity index is 2360. The predicted octanol–water partition coefficient (Wildman–Crippen LogP) is 7.26. The Labute approximate surface area is 338 Å². The second kappa shape index (κ2) is 16.6. The quantitative estimate of drug-likeness (QED) is 0.111. The van der Waals surface area contributed by atoms with E-state index in [2.05, 4.69) is 137 Å². The molecule has 290 valence electrons. The number of nitrogens with one attached hydrogen (secondary N) is 1. The van der Waals surface area contributed by atoms with Gasteiger partial charge >= 0.3 is 0 Å². The third-order valence-corrected chi connectivity index (χ3v) is 16.6. The van der Waals surface area contributed by atoms with Crippen molar-refractivity contribution < 1.29 is 9.22 Å². The molecule has 1 saturated heterocycles. The van der Waals surface area contributed by atoms with Crippen LogP contribution in [0.25, 0.3) is 5.65 Å². The zero-order valence-corrected chi connectivity index (χ0v) is 34.5. The zero-order chi connectivity index (χ0) is 39.4. The lowest BCUT2D eigenvalue weighted by atomic mass is 10.0. The fourth-order valence-corrected chi connectivity index (χ4v) is 12.8. The summed E-state index contributed by atoms with van der Waals surface area (Å²) in [6.45, 7) is 15.7. The molecule has 57 heavy (non-hydrogen) atoms. The van der Waals surface area contributed by atoms with E-state index in [0.29, 0.717) is 23.8 Å². The maximum Gasteiger partial charge on any atom is 0.261 e. The standard InChI is InChI=1S/C48H52N6O2Si/c1-36-17-18-39(32-38(36)22-24-42-34-49-46-16-11-25-50-54(42)46)47(55)51-41-23-21-40(45(33-41)37-19-20-37)35-53-28-26-52(27-29-53)30-31-56-57(48(2,3)4,43-12-7-5-8-13-43)44-14-9-6-10-15-44/h5-18,21,23,25,32-34,37H,19-20,26-31,35H2,1-4H3,(H,51,55). The van der Waals surface area contributed by atoms with Gasteiger partial charge < -0.3 is 9.74 Å². The molecule has 8 nitrogen and oxygen atoms in total. The molecule has 6 aromatic rings. The number of piperazine rings is 1. The topological polar surface area (TPSA) is 75.0 Å². The lowest BCUT2D eigenvalue weighted by Crippen LogP contribution is -2.67. The van der Waals surface area contributed by atoms with E-state index in [-0.39, 0.29) is 10.9 Å². The van der Waals surface area contributed by atoms with E-state index in [9.17, 15) is 4.79 Å². The molecule has 2 aliphatic rings. The number of amides is 1. The Balaban J connectivity index is 0.884. The third kappa shape index (κ3) is 8.51. The lowest BCUT2D eigenvalue weighted by molar-refractivity contribution is 0.102. The number of carbonyl (C=O) groups excluding carboxylic acids is 1.